The van der Waals surface area contributed by atoms with Gasteiger partial charge in [-0.15, -0.1) is 0 Å². The van der Waals surface area contributed by atoms with Crippen LogP contribution in [0.5, 0.6) is 0 Å². The van der Waals surface area contributed by atoms with Gasteiger partial charge in [0.25, 0.3) is 0 Å². The van der Waals surface area contributed by atoms with Gasteiger partial charge in [-0.3, -0.25) is 0 Å². The Bertz CT molecular complexity index is 587. The first kappa shape index (κ1) is 12.1. The van der Waals surface area contributed by atoms with Crippen molar-refractivity contribution in [2.24, 2.45) is 0 Å². The standard InChI is InChI=1S/C12H15BrN4/c1-6-8(3)16-17(9(6)4)12-11(13)7(2)10(14)5-15-12/h5H,14H2,1-4H3. The summed E-state index contributed by atoms with van der Waals surface area (Å²) in [5.41, 5.74) is 10.8. The van der Waals surface area contributed by atoms with Crippen molar-refractivity contribution >= 4 is 21.6 Å². The molecule has 0 unspecified atom stereocenters. The molecule has 0 spiro atoms. The van der Waals surface area contributed by atoms with Crippen LogP contribution in [0.15, 0.2) is 10.7 Å². The number of nitrogens with two attached hydrogens (primary N) is 1. The van der Waals surface area contributed by atoms with Crippen LogP contribution in [0.25, 0.3) is 5.82 Å². The first-order valence-electron chi connectivity index (χ1n) is 5.37. The summed E-state index contributed by atoms with van der Waals surface area (Å²) in [5, 5.41) is 4.49. The topological polar surface area (TPSA) is 56.7 Å². The molecule has 2 heterocycles. The van der Waals surface area contributed by atoms with Gasteiger partial charge in [0.15, 0.2) is 5.82 Å². The van der Waals surface area contributed by atoms with Gasteiger partial charge in [-0.05, 0) is 54.8 Å². The maximum Gasteiger partial charge on any atom is 0.168 e. The monoisotopic (exact) mass is 294 g/mol. The number of rotatable bonds is 1. The van der Waals surface area contributed by atoms with E-state index < -0.39 is 0 Å². The van der Waals surface area contributed by atoms with E-state index in [0.29, 0.717) is 5.69 Å². The molecule has 0 saturated carbocycles. The number of aromatic nitrogens is 3. The lowest BCUT2D eigenvalue weighted by molar-refractivity contribution is 0.800. The molecule has 2 rings (SSSR count). The third-order valence-corrected chi connectivity index (χ3v) is 4.09. The second-order valence-corrected chi connectivity index (χ2v) is 4.98. The third kappa shape index (κ3) is 1.84. The van der Waals surface area contributed by atoms with Crippen LogP contribution < -0.4 is 5.73 Å². The molecule has 0 saturated heterocycles. The van der Waals surface area contributed by atoms with E-state index >= 15 is 0 Å². The lowest BCUT2D eigenvalue weighted by Gasteiger charge is -2.09. The van der Waals surface area contributed by atoms with E-state index in [4.69, 9.17) is 5.73 Å². The van der Waals surface area contributed by atoms with E-state index in [1.54, 1.807) is 6.20 Å². The average molecular weight is 295 g/mol. The minimum absolute atomic E-state index is 0.680. The molecule has 0 aliphatic rings. The summed E-state index contributed by atoms with van der Waals surface area (Å²) in [5.74, 6) is 0.783. The zero-order chi connectivity index (χ0) is 12.7. The Labute approximate surface area is 109 Å². The Morgan fingerprint density at radius 1 is 1.18 bits per heavy atom. The van der Waals surface area contributed by atoms with Crippen molar-refractivity contribution in [3.63, 3.8) is 0 Å². The molecule has 0 fully saturated rings. The van der Waals surface area contributed by atoms with Crippen molar-refractivity contribution in [2.45, 2.75) is 27.7 Å². The first-order chi connectivity index (χ1) is 7.93. The van der Waals surface area contributed by atoms with Crippen molar-refractivity contribution in [3.05, 3.63) is 33.2 Å². The van der Waals surface area contributed by atoms with Gasteiger partial charge in [-0.25, -0.2) is 9.67 Å². The molecule has 2 N–H and O–H groups in total. The molecule has 0 atom stereocenters. The van der Waals surface area contributed by atoms with E-state index in [-0.39, 0.29) is 0 Å². The number of hydrogen-bond acceptors (Lipinski definition) is 3. The van der Waals surface area contributed by atoms with E-state index in [0.717, 1.165) is 27.2 Å². The molecule has 0 bridgehead atoms. The molecule has 0 aliphatic carbocycles. The van der Waals surface area contributed by atoms with E-state index in [2.05, 4.69) is 32.9 Å². The SMILES string of the molecule is Cc1nn(-c2ncc(N)c(C)c2Br)c(C)c1C. The normalized spacial score (nSPS) is 10.9. The zero-order valence-corrected chi connectivity index (χ0v) is 12.0. The van der Waals surface area contributed by atoms with Crippen LogP contribution in [-0.2, 0) is 0 Å². The van der Waals surface area contributed by atoms with Gasteiger partial charge in [0.1, 0.15) is 0 Å². The summed E-state index contributed by atoms with van der Waals surface area (Å²) in [7, 11) is 0. The Hall–Kier alpha value is -1.36. The highest BCUT2D eigenvalue weighted by atomic mass is 79.9. The molecule has 0 amide bonds. The molecule has 0 aromatic carbocycles. The van der Waals surface area contributed by atoms with Crippen LogP contribution in [0.1, 0.15) is 22.5 Å². The average Bonchev–Trinajstić information content (AvgIpc) is 2.54. The van der Waals surface area contributed by atoms with Gasteiger partial charge in [-0.1, -0.05) is 0 Å². The number of pyridine rings is 1. The number of nitrogen functional groups attached to an aromatic ring is 1. The predicted octanol–water partition coefficient (Wildman–Crippen LogP) is 2.85. The number of anilines is 1. The summed E-state index contributed by atoms with van der Waals surface area (Å²) in [4.78, 5) is 4.35. The lowest BCUT2D eigenvalue weighted by atomic mass is 10.2. The second kappa shape index (κ2) is 4.14. The molecule has 2 aromatic heterocycles. The Balaban J connectivity index is 2.69. The summed E-state index contributed by atoms with van der Waals surface area (Å²) in [6.07, 6.45) is 1.67. The molecule has 0 radical (unpaired) electrons. The van der Waals surface area contributed by atoms with Crippen LogP contribution >= 0.6 is 15.9 Å². The lowest BCUT2D eigenvalue weighted by Crippen LogP contribution is -2.05. The van der Waals surface area contributed by atoms with Crippen LogP contribution in [0.2, 0.25) is 0 Å². The Morgan fingerprint density at radius 3 is 2.35 bits per heavy atom. The van der Waals surface area contributed by atoms with E-state index in [9.17, 15) is 0 Å². The number of halogens is 1. The smallest absolute Gasteiger partial charge is 0.168 e. The molecular weight excluding hydrogens is 280 g/mol. The Morgan fingerprint density at radius 2 is 1.82 bits per heavy atom. The van der Waals surface area contributed by atoms with E-state index in [1.807, 2.05) is 25.5 Å². The summed E-state index contributed by atoms with van der Waals surface area (Å²) >= 11 is 3.53. The molecule has 0 aliphatic heterocycles. The van der Waals surface area contributed by atoms with Gasteiger partial charge in [0.2, 0.25) is 0 Å². The highest BCUT2D eigenvalue weighted by Gasteiger charge is 2.14. The summed E-state index contributed by atoms with van der Waals surface area (Å²) < 4.78 is 2.74. The first-order valence-corrected chi connectivity index (χ1v) is 6.16. The number of aryl methyl sites for hydroxylation is 1. The van der Waals surface area contributed by atoms with Gasteiger partial charge >= 0.3 is 0 Å². The van der Waals surface area contributed by atoms with Crippen molar-refractivity contribution in [3.8, 4) is 5.82 Å². The minimum Gasteiger partial charge on any atom is -0.397 e. The third-order valence-electron chi connectivity index (χ3n) is 3.14. The largest absolute Gasteiger partial charge is 0.397 e. The minimum atomic E-state index is 0.680. The van der Waals surface area contributed by atoms with Crippen molar-refractivity contribution in [2.75, 3.05) is 5.73 Å². The van der Waals surface area contributed by atoms with Crippen molar-refractivity contribution in [1.82, 2.24) is 14.8 Å². The van der Waals surface area contributed by atoms with Crippen LogP contribution in [-0.4, -0.2) is 14.8 Å². The highest BCUT2D eigenvalue weighted by molar-refractivity contribution is 9.10. The number of hydrogen-bond donors (Lipinski definition) is 1. The molecule has 5 heteroatoms. The van der Waals surface area contributed by atoms with Gasteiger partial charge in [-0.2, -0.15) is 5.10 Å². The Kier molecular flexibility index (Phi) is 2.95. The van der Waals surface area contributed by atoms with Crippen molar-refractivity contribution < 1.29 is 0 Å². The zero-order valence-electron chi connectivity index (χ0n) is 10.4. The van der Waals surface area contributed by atoms with E-state index in [1.165, 1.54) is 5.56 Å². The molecular formula is C12H15BrN4. The second-order valence-electron chi connectivity index (χ2n) is 4.18. The van der Waals surface area contributed by atoms with Crippen LogP contribution in [0.3, 0.4) is 0 Å². The van der Waals surface area contributed by atoms with Crippen molar-refractivity contribution in [1.29, 1.82) is 0 Å². The highest BCUT2D eigenvalue weighted by Crippen LogP contribution is 2.28. The molecule has 17 heavy (non-hydrogen) atoms. The summed E-state index contributed by atoms with van der Waals surface area (Å²) in [6, 6.07) is 0. The molecule has 4 nitrogen and oxygen atoms in total. The molecule has 2 aromatic rings. The van der Waals surface area contributed by atoms with Crippen LogP contribution in [0.4, 0.5) is 5.69 Å². The maximum absolute atomic E-state index is 5.82. The fourth-order valence-electron chi connectivity index (χ4n) is 1.65. The molecule has 90 valence electrons. The predicted molar refractivity (Wildman–Crippen MR) is 72.4 cm³/mol. The van der Waals surface area contributed by atoms with Crippen LogP contribution in [0, 0.1) is 27.7 Å². The fourth-order valence-corrected chi connectivity index (χ4v) is 2.15. The fraction of sp³-hybridized carbons (Fsp3) is 0.333. The summed E-state index contributed by atoms with van der Waals surface area (Å²) in [6.45, 7) is 8.06. The van der Waals surface area contributed by atoms with Gasteiger partial charge in [0, 0.05) is 5.69 Å². The quantitative estimate of drug-likeness (QED) is 0.880. The van der Waals surface area contributed by atoms with Gasteiger partial charge in [0.05, 0.1) is 22.1 Å². The maximum atomic E-state index is 5.82. The number of nitrogens with zero attached hydrogens (tertiary/aromatic N) is 3. The van der Waals surface area contributed by atoms with Gasteiger partial charge < -0.3 is 5.73 Å².